The van der Waals surface area contributed by atoms with Crippen molar-refractivity contribution < 1.29 is 4.74 Å². The summed E-state index contributed by atoms with van der Waals surface area (Å²) in [6.45, 7) is 6.60. The third-order valence-electron chi connectivity index (χ3n) is 3.11. The van der Waals surface area contributed by atoms with Crippen LogP contribution in [0.5, 0.6) is 5.75 Å². The first-order chi connectivity index (χ1) is 9.44. The van der Waals surface area contributed by atoms with Crippen molar-refractivity contribution in [2.24, 2.45) is 0 Å². The number of thiazole rings is 1. The van der Waals surface area contributed by atoms with Gasteiger partial charge in [-0.3, -0.25) is 0 Å². The minimum Gasteiger partial charge on any atom is -0.497 e. The summed E-state index contributed by atoms with van der Waals surface area (Å²) in [4.78, 5) is 6.11. The number of aromatic nitrogens is 1. The minimum atomic E-state index is 0.0761. The second-order valence-corrected chi connectivity index (χ2v) is 7.30. The summed E-state index contributed by atoms with van der Waals surface area (Å²) in [5.74, 6) is 1.65. The van der Waals surface area contributed by atoms with Crippen LogP contribution in [0.3, 0.4) is 0 Å². The van der Waals surface area contributed by atoms with E-state index in [1.807, 2.05) is 12.1 Å². The van der Waals surface area contributed by atoms with Crippen molar-refractivity contribution in [3.8, 4) is 5.75 Å². The Labute approximate surface area is 130 Å². The average Bonchev–Trinajstić information content (AvgIpc) is 2.83. The van der Waals surface area contributed by atoms with Crippen molar-refractivity contribution in [1.82, 2.24) is 4.98 Å². The number of nitrogens with zero attached hydrogens (tertiary/aromatic N) is 1. The molecule has 0 amide bonds. The number of rotatable bonds is 4. The van der Waals surface area contributed by atoms with E-state index in [9.17, 15) is 0 Å². The Hall–Kier alpha value is -1.00. The highest BCUT2D eigenvalue weighted by Gasteiger charge is 2.22. The molecule has 0 radical (unpaired) electrons. The molecule has 0 aliphatic heterocycles. The fourth-order valence-corrected chi connectivity index (χ4v) is 3.60. The molecule has 0 aliphatic carbocycles. The summed E-state index contributed by atoms with van der Waals surface area (Å²) in [5.41, 5.74) is 2.51. The maximum Gasteiger partial charge on any atom is 0.118 e. The van der Waals surface area contributed by atoms with Gasteiger partial charge in [-0.1, -0.05) is 32.9 Å². The lowest BCUT2D eigenvalue weighted by atomic mass is 9.91. The second kappa shape index (κ2) is 6.19. The molecule has 0 atom stereocenters. The summed E-state index contributed by atoms with van der Waals surface area (Å²) in [5, 5.41) is 1.16. The van der Waals surface area contributed by atoms with E-state index in [0.717, 1.165) is 22.9 Å². The number of hydrogen-bond donors (Lipinski definition) is 1. The van der Waals surface area contributed by atoms with Crippen LogP contribution in [0.1, 0.15) is 41.9 Å². The fraction of sp³-hybridized carbons (Fsp3) is 0.438. The predicted octanol–water partition coefficient (Wildman–Crippen LogP) is 4.47. The first-order valence-corrected chi connectivity index (χ1v) is 8.12. The molecule has 1 aromatic carbocycles. The van der Waals surface area contributed by atoms with Gasteiger partial charge in [0.1, 0.15) is 5.75 Å². The maximum atomic E-state index is 5.18. The van der Waals surface area contributed by atoms with Crippen LogP contribution >= 0.6 is 24.0 Å². The van der Waals surface area contributed by atoms with Gasteiger partial charge >= 0.3 is 0 Å². The molecule has 0 N–H and O–H groups in total. The number of ether oxygens (including phenoxy) is 1. The van der Waals surface area contributed by atoms with Crippen molar-refractivity contribution in [1.29, 1.82) is 0 Å². The standard InChI is InChI=1S/C16H21NOS2/c1-16(2,3)15-13(10-19)20-14(17-15)9-11-5-7-12(18-4)8-6-11/h5-8,19H,9-10H2,1-4H3. The van der Waals surface area contributed by atoms with Gasteiger partial charge in [-0.05, 0) is 17.7 Å². The predicted molar refractivity (Wildman–Crippen MR) is 89.3 cm³/mol. The maximum absolute atomic E-state index is 5.18. The molecule has 0 aliphatic rings. The molecule has 0 saturated heterocycles. The zero-order valence-electron chi connectivity index (χ0n) is 12.4. The van der Waals surface area contributed by atoms with E-state index in [1.165, 1.54) is 16.1 Å². The van der Waals surface area contributed by atoms with Gasteiger partial charge in [-0.15, -0.1) is 11.3 Å². The Kier molecular flexibility index (Phi) is 4.76. The van der Waals surface area contributed by atoms with Gasteiger partial charge in [0, 0.05) is 22.5 Å². The Morgan fingerprint density at radius 1 is 1.20 bits per heavy atom. The normalized spacial score (nSPS) is 11.7. The van der Waals surface area contributed by atoms with Crippen LogP contribution < -0.4 is 4.74 Å². The lowest BCUT2D eigenvalue weighted by Crippen LogP contribution is -2.13. The first kappa shape index (κ1) is 15.4. The van der Waals surface area contributed by atoms with Crippen LogP contribution in [-0.4, -0.2) is 12.1 Å². The van der Waals surface area contributed by atoms with E-state index in [4.69, 9.17) is 9.72 Å². The van der Waals surface area contributed by atoms with Gasteiger partial charge < -0.3 is 4.74 Å². The molecule has 0 bridgehead atoms. The van der Waals surface area contributed by atoms with Crippen molar-refractivity contribution >= 4 is 24.0 Å². The third-order valence-corrected chi connectivity index (χ3v) is 4.70. The van der Waals surface area contributed by atoms with Crippen LogP contribution in [-0.2, 0) is 17.6 Å². The molecule has 20 heavy (non-hydrogen) atoms. The molecule has 2 rings (SSSR count). The highest BCUT2D eigenvalue weighted by Crippen LogP contribution is 2.31. The van der Waals surface area contributed by atoms with E-state index in [1.54, 1.807) is 18.4 Å². The smallest absolute Gasteiger partial charge is 0.118 e. The molecule has 0 fully saturated rings. The molecule has 4 heteroatoms. The van der Waals surface area contributed by atoms with Gasteiger partial charge in [0.15, 0.2) is 0 Å². The molecule has 0 saturated carbocycles. The fourth-order valence-electron chi connectivity index (χ4n) is 2.09. The molecule has 2 nitrogen and oxygen atoms in total. The van der Waals surface area contributed by atoms with E-state index in [2.05, 4.69) is 45.5 Å². The highest BCUT2D eigenvalue weighted by atomic mass is 32.1. The van der Waals surface area contributed by atoms with Crippen molar-refractivity contribution in [3.63, 3.8) is 0 Å². The van der Waals surface area contributed by atoms with Crippen LogP contribution in [0.4, 0.5) is 0 Å². The SMILES string of the molecule is COc1ccc(Cc2nc(C(C)(C)C)c(CS)s2)cc1. The Bertz CT molecular complexity index is 567. The minimum absolute atomic E-state index is 0.0761. The highest BCUT2D eigenvalue weighted by molar-refractivity contribution is 7.79. The molecule has 1 heterocycles. The van der Waals surface area contributed by atoms with Crippen molar-refractivity contribution in [2.75, 3.05) is 7.11 Å². The van der Waals surface area contributed by atoms with Crippen molar-refractivity contribution in [3.05, 3.63) is 45.4 Å². The van der Waals surface area contributed by atoms with E-state index < -0.39 is 0 Å². The molecule has 108 valence electrons. The molecule has 2 aromatic rings. The van der Waals surface area contributed by atoms with Crippen LogP contribution in [0.2, 0.25) is 0 Å². The van der Waals surface area contributed by atoms with Gasteiger partial charge in [0.25, 0.3) is 0 Å². The zero-order valence-corrected chi connectivity index (χ0v) is 14.1. The van der Waals surface area contributed by atoms with Gasteiger partial charge in [0.05, 0.1) is 17.8 Å². The molecular formula is C16H21NOS2. The Morgan fingerprint density at radius 2 is 1.85 bits per heavy atom. The van der Waals surface area contributed by atoms with Crippen molar-refractivity contribution in [2.45, 2.75) is 38.4 Å². The number of methoxy groups -OCH3 is 1. The van der Waals surface area contributed by atoms with Gasteiger partial charge in [0.2, 0.25) is 0 Å². The monoisotopic (exact) mass is 307 g/mol. The van der Waals surface area contributed by atoms with Gasteiger partial charge in [-0.25, -0.2) is 4.98 Å². The summed E-state index contributed by atoms with van der Waals surface area (Å²) < 4.78 is 5.18. The van der Waals surface area contributed by atoms with E-state index in [0.29, 0.717) is 0 Å². The Balaban J connectivity index is 2.23. The number of benzene rings is 1. The Morgan fingerprint density at radius 3 is 2.30 bits per heavy atom. The lowest BCUT2D eigenvalue weighted by Gasteiger charge is -2.16. The molecule has 1 aromatic heterocycles. The molecule has 0 spiro atoms. The quantitative estimate of drug-likeness (QED) is 0.842. The molecular weight excluding hydrogens is 286 g/mol. The average molecular weight is 307 g/mol. The topological polar surface area (TPSA) is 22.1 Å². The van der Waals surface area contributed by atoms with E-state index in [-0.39, 0.29) is 5.41 Å². The summed E-state index contributed by atoms with van der Waals surface area (Å²) >= 11 is 6.20. The second-order valence-electron chi connectivity index (χ2n) is 5.81. The molecule has 0 unspecified atom stereocenters. The van der Waals surface area contributed by atoms with Crippen LogP contribution in [0.25, 0.3) is 0 Å². The van der Waals surface area contributed by atoms with Gasteiger partial charge in [-0.2, -0.15) is 12.6 Å². The third kappa shape index (κ3) is 3.55. The first-order valence-electron chi connectivity index (χ1n) is 6.67. The number of thiol groups is 1. The summed E-state index contributed by atoms with van der Waals surface area (Å²) in [6.07, 6.45) is 0.867. The lowest BCUT2D eigenvalue weighted by molar-refractivity contribution is 0.414. The van der Waals surface area contributed by atoms with Crippen LogP contribution in [0.15, 0.2) is 24.3 Å². The summed E-state index contributed by atoms with van der Waals surface area (Å²) in [7, 11) is 1.68. The zero-order chi connectivity index (χ0) is 14.8. The van der Waals surface area contributed by atoms with E-state index >= 15 is 0 Å². The summed E-state index contributed by atoms with van der Waals surface area (Å²) in [6, 6.07) is 8.18. The largest absolute Gasteiger partial charge is 0.497 e. The number of hydrogen-bond acceptors (Lipinski definition) is 4. The van der Waals surface area contributed by atoms with Crippen LogP contribution in [0, 0.1) is 0 Å².